The van der Waals surface area contributed by atoms with Crippen molar-refractivity contribution in [1.82, 2.24) is 9.88 Å². The van der Waals surface area contributed by atoms with Crippen molar-refractivity contribution in [1.29, 1.82) is 0 Å². The minimum atomic E-state index is -4.59. The molecule has 172 valence electrons. The lowest BCUT2D eigenvalue weighted by Gasteiger charge is -2.25. The van der Waals surface area contributed by atoms with Crippen LogP contribution in [0.3, 0.4) is 0 Å². The van der Waals surface area contributed by atoms with E-state index in [2.05, 4.69) is 10.3 Å². The van der Waals surface area contributed by atoms with Gasteiger partial charge in [-0.05, 0) is 41.8 Å². The van der Waals surface area contributed by atoms with Gasteiger partial charge in [0.1, 0.15) is 18.1 Å². The largest absolute Gasteiger partial charge is 0.493 e. The van der Waals surface area contributed by atoms with Gasteiger partial charge >= 0.3 is 12.1 Å². The monoisotopic (exact) mass is 451 g/mol. The molecule has 7 nitrogen and oxygen atoms in total. The zero-order valence-corrected chi connectivity index (χ0v) is 17.5. The summed E-state index contributed by atoms with van der Waals surface area (Å²) in [6.07, 6.45) is -4.51. The van der Waals surface area contributed by atoms with Crippen LogP contribution in [0.2, 0.25) is 0 Å². The molecule has 1 atom stereocenters. The average Bonchev–Trinajstić information content (AvgIpc) is 2.83. The van der Waals surface area contributed by atoms with E-state index in [4.69, 9.17) is 9.84 Å². The molecule has 0 aliphatic carbocycles. The van der Waals surface area contributed by atoms with Crippen LogP contribution in [-0.4, -0.2) is 53.2 Å². The number of halogens is 3. The number of rotatable bonds is 8. The highest BCUT2D eigenvalue weighted by atomic mass is 19.4. The number of carbonyl (C=O) groups is 2. The fourth-order valence-corrected chi connectivity index (χ4v) is 3.68. The number of ether oxygens (including phenoxy) is 1. The summed E-state index contributed by atoms with van der Waals surface area (Å²) in [7, 11) is 1.77. The number of carboxylic acids is 1. The third-order valence-electron chi connectivity index (χ3n) is 5.15. The van der Waals surface area contributed by atoms with E-state index in [1.54, 1.807) is 25.2 Å². The number of pyridine rings is 1. The molecule has 1 aromatic carbocycles. The van der Waals surface area contributed by atoms with Crippen LogP contribution in [0, 0.1) is 5.92 Å². The highest BCUT2D eigenvalue weighted by molar-refractivity contribution is 5.84. The second kappa shape index (κ2) is 9.88. The summed E-state index contributed by atoms with van der Waals surface area (Å²) in [6, 6.07) is 10.6. The van der Waals surface area contributed by atoms with E-state index in [1.165, 1.54) is 0 Å². The molecule has 1 aliphatic rings. The van der Waals surface area contributed by atoms with Gasteiger partial charge in [0.2, 0.25) is 5.91 Å². The summed E-state index contributed by atoms with van der Waals surface area (Å²) >= 11 is 0. The Hall–Kier alpha value is -3.30. The number of aliphatic carboxylic acids is 1. The molecule has 0 unspecified atom stereocenters. The van der Waals surface area contributed by atoms with E-state index in [9.17, 15) is 22.8 Å². The minimum absolute atomic E-state index is 0.0653. The Kier molecular flexibility index (Phi) is 7.22. The third-order valence-corrected chi connectivity index (χ3v) is 5.15. The Bertz CT molecular complexity index is 981. The van der Waals surface area contributed by atoms with Gasteiger partial charge in [-0.1, -0.05) is 12.1 Å². The lowest BCUT2D eigenvalue weighted by molar-refractivity contribution is -0.165. The summed E-state index contributed by atoms with van der Waals surface area (Å²) < 4.78 is 44.8. The molecule has 0 saturated carbocycles. The molecule has 1 aromatic heterocycles. The summed E-state index contributed by atoms with van der Waals surface area (Å²) in [5, 5.41) is 12.0. The molecule has 1 aliphatic heterocycles. The molecule has 0 fully saturated rings. The lowest BCUT2D eigenvalue weighted by Crippen LogP contribution is -2.41. The second-order valence-corrected chi connectivity index (χ2v) is 7.60. The van der Waals surface area contributed by atoms with Crippen molar-refractivity contribution >= 4 is 17.7 Å². The van der Waals surface area contributed by atoms with Crippen molar-refractivity contribution in [2.24, 2.45) is 5.92 Å². The van der Waals surface area contributed by atoms with Crippen LogP contribution >= 0.6 is 0 Å². The SMILES string of the molecule is CNc1cccc(CCOc2ccc3c(c2)CN(CC(F)(F)F)C(=O)[C@@H](CC(=O)O)C3)n1. The number of nitrogens with zero attached hydrogens (tertiary/aromatic N) is 2. The number of fused-ring (bicyclic) bond motifs is 1. The van der Waals surface area contributed by atoms with E-state index in [-0.39, 0.29) is 13.0 Å². The second-order valence-electron chi connectivity index (χ2n) is 7.60. The Morgan fingerprint density at radius 1 is 1.28 bits per heavy atom. The number of benzene rings is 1. The maximum atomic E-state index is 13.0. The molecule has 0 radical (unpaired) electrons. The van der Waals surface area contributed by atoms with Crippen LogP contribution in [0.4, 0.5) is 19.0 Å². The summed E-state index contributed by atoms with van der Waals surface area (Å²) in [6.45, 7) is -1.38. The Balaban J connectivity index is 1.75. The van der Waals surface area contributed by atoms with Gasteiger partial charge in [-0.3, -0.25) is 9.59 Å². The number of carbonyl (C=O) groups excluding carboxylic acids is 1. The topological polar surface area (TPSA) is 91.8 Å². The highest BCUT2D eigenvalue weighted by Gasteiger charge is 2.38. The van der Waals surface area contributed by atoms with Crippen LogP contribution in [0.25, 0.3) is 0 Å². The Labute approximate surface area is 183 Å². The molecule has 0 saturated heterocycles. The number of nitrogens with one attached hydrogen (secondary N) is 1. The quantitative estimate of drug-likeness (QED) is 0.640. The number of hydrogen-bond acceptors (Lipinski definition) is 5. The van der Waals surface area contributed by atoms with Gasteiger partial charge in [0.25, 0.3) is 0 Å². The summed E-state index contributed by atoms with van der Waals surface area (Å²) in [5.41, 5.74) is 1.98. The fourth-order valence-electron chi connectivity index (χ4n) is 3.68. The van der Waals surface area contributed by atoms with Gasteiger partial charge in [0, 0.05) is 25.7 Å². The number of hydrogen-bond donors (Lipinski definition) is 2. The van der Waals surface area contributed by atoms with Crippen LogP contribution in [0.15, 0.2) is 36.4 Å². The number of amides is 1. The highest BCUT2D eigenvalue weighted by Crippen LogP contribution is 2.30. The molecule has 32 heavy (non-hydrogen) atoms. The molecule has 3 rings (SSSR count). The zero-order valence-electron chi connectivity index (χ0n) is 17.5. The minimum Gasteiger partial charge on any atom is -0.493 e. The normalized spacial score (nSPS) is 16.3. The Morgan fingerprint density at radius 3 is 2.75 bits per heavy atom. The van der Waals surface area contributed by atoms with Crippen molar-refractivity contribution in [3.05, 3.63) is 53.2 Å². The van der Waals surface area contributed by atoms with Gasteiger partial charge in [-0.2, -0.15) is 13.2 Å². The molecule has 0 spiro atoms. The van der Waals surface area contributed by atoms with E-state index in [1.807, 2.05) is 18.2 Å². The van der Waals surface area contributed by atoms with Crippen molar-refractivity contribution < 1.29 is 32.6 Å². The van der Waals surface area contributed by atoms with Crippen LogP contribution in [0.5, 0.6) is 5.75 Å². The van der Waals surface area contributed by atoms with Crippen LogP contribution in [-0.2, 0) is 29.0 Å². The first-order valence-corrected chi connectivity index (χ1v) is 10.1. The Morgan fingerprint density at radius 2 is 2.06 bits per heavy atom. The van der Waals surface area contributed by atoms with Crippen LogP contribution < -0.4 is 10.1 Å². The zero-order chi connectivity index (χ0) is 23.3. The van der Waals surface area contributed by atoms with Gasteiger partial charge in [-0.15, -0.1) is 0 Å². The molecule has 10 heteroatoms. The van der Waals surface area contributed by atoms with E-state index < -0.39 is 36.9 Å². The van der Waals surface area contributed by atoms with Crippen molar-refractivity contribution in [3.63, 3.8) is 0 Å². The maximum absolute atomic E-state index is 13.0. The molecule has 0 bridgehead atoms. The molecular formula is C22H24F3N3O4. The van der Waals surface area contributed by atoms with Crippen LogP contribution in [0.1, 0.15) is 23.2 Å². The standard InChI is InChI=1S/C22H24F3N3O4/c1-26-19-4-2-3-17(27-19)7-8-32-18-6-5-14-9-15(11-20(29)30)21(31)28(12-16(14)10-18)13-22(23,24)25/h2-6,10,15H,7-9,11-13H2,1H3,(H,26,27)(H,29,30)/t15-/m1/s1. The van der Waals surface area contributed by atoms with E-state index in [0.29, 0.717) is 34.8 Å². The maximum Gasteiger partial charge on any atom is 0.406 e. The van der Waals surface area contributed by atoms with Gasteiger partial charge in [0.15, 0.2) is 0 Å². The van der Waals surface area contributed by atoms with Gasteiger partial charge in [0.05, 0.1) is 18.9 Å². The summed E-state index contributed by atoms with van der Waals surface area (Å²) in [5.74, 6) is -1.88. The van der Waals surface area contributed by atoms with Crippen molar-refractivity contribution in [3.8, 4) is 5.75 Å². The van der Waals surface area contributed by atoms with Crippen molar-refractivity contribution in [2.45, 2.75) is 32.0 Å². The fraction of sp³-hybridized carbons (Fsp3) is 0.409. The molecule has 2 heterocycles. The third kappa shape index (κ3) is 6.35. The molecule has 2 aromatic rings. The molecule has 2 N–H and O–H groups in total. The first-order valence-electron chi connectivity index (χ1n) is 10.1. The number of anilines is 1. The predicted molar refractivity (Wildman–Crippen MR) is 110 cm³/mol. The predicted octanol–water partition coefficient (Wildman–Crippen LogP) is 3.28. The average molecular weight is 451 g/mol. The van der Waals surface area contributed by atoms with E-state index in [0.717, 1.165) is 11.5 Å². The van der Waals surface area contributed by atoms with E-state index >= 15 is 0 Å². The smallest absolute Gasteiger partial charge is 0.406 e. The molecule has 1 amide bonds. The summed E-state index contributed by atoms with van der Waals surface area (Å²) in [4.78, 5) is 28.8. The first kappa shape index (κ1) is 23.4. The first-order chi connectivity index (χ1) is 15.1. The number of carboxylic acid groups (broad SMARTS) is 1. The molecular weight excluding hydrogens is 427 g/mol. The van der Waals surface area contributed by atoms with Crippen molar-refractivity contribution in [2.75, 3.05) is 25.5 Å². The number of aromatic nitrogens is 1. The lowest BCUT2D eigenvalue weighted by atomic mass is 9.94. The number of alkyl halides is 3. The van der Waals surface area contributed by atoms with Gasteiger partial charge in [-0.25, -0.2) is 4.98 Å². The van der Waals surface area contributed by atoms with Gasteiger partial charge < -0.3 is 20.1 Å².